The van der Waals surface area contributed by atoms with E-state index in [9.17, 15) is 4.79 Å². The standard InChI is InChI=1S/C26H24ClNO3/c27-23-14-21-6-3-11-30-24(21)15-25(23)31-22-9-7-18(8-10-22)26(29)28-16-17-12-19-4-1-2-5-20(19)13-17/h1-2,4-5,7-10,14-15,17H,3,6,11-13,16H2,(H,28,29). The lowest BCUT2D eigenvalue weighted by Gasteiger charge is -2.19. The number of halogens is 1. The molecule has 0 atom stereocenters. The van der Waals surface area contributed by atoms with Crippen LogP contribution in [0, 0.1) is 5.92 Å². The SMILES string of the molecule is O=C(NCC1Cc2ccccc2C1)c1ccc(Oc2cc3c(cc2Cl)CCCO3)cc1. The molecule has 2 aliphatic rings. The van der Waals surface area contributed by atoms with Crippen LogP contribution in [0.25, 0.3) is 0 Å². The minimum Gasteiger partial charge on any atom is -0.493 e. The number of amides is 1. The van der Waals surface area contributed by atoms with E-state index in [1.807, 2.05) is 12.1 Å². The van der Waals surface area contributed by atoms with Crippen molar-refractivity contribution in [3.63, 3.8) is 0 Å². The van der Waals surface area contributed by atoms with Crippen LogP contribution in [0.2, 0.25) is 5.02 Å². The molecule has 0 fully saturated rings. The molecule has 0 radical (unpaired) electrons. The first-order valence-electron chi connectivity index (χ1n) is 10.7. The van der Waals surface area contributed by atoms with Gasteiger partial charge in [-0.05, 0) is 78.6 Å². The van der Waals surface area contributed by atoms with Crippen molar-refractivity contribution < 1.29 is 14.3 Å². The molecule has 1 N–H and O–H groups in total. The van der Waals surface area contributed by atoms with Gasteiger partial charge in [-0.2, -0.15) is 0 Å². The quantitative estimate of drug-likeness (QED) is 0.569. The maximum absolute atomic E-state index is 12.6. The number of fused-ring (bicyclic) bond motifs is 2. The van der Waals surface area contributed by atoms with E-state index in [1.54, 1.807) is 24.3 Å². The number of benzene rings is 3. The molecule has 1 heterocycles. The van der Waals surface area contributed by atoms with Crippen LogP contribution >= 0.6 is 11.6 Å². The van der Waals surface area contributed by atoms with E-state index in [0.717, 1.165) is 37.0 Å². The van der Waals surface area contributed by atoms with Gasteiger partial charge in [0, 0.05) is 18.2 Å². The van der Waals surface area contributed by atoms with Gasteiger partial charge in [-0.3, -0.25) is 4.79 Å². The predicted molar refractivity (Wildman–Crippen MR) is 121 cm³/mol. The van der Waals surface area contributed by atoms with Gasteiger partial charge in [-0.25, -0.2) is 0 Å². The summed E-state index contributed by atoms with van der Waals surface area (Å²) in [6.07, 6.45) is 4.01. The summed E-state index contributed by atoms with van der Waals surface area (Å²) < 4.78 is 11.6. The molecule has 3 aromatic rings. The van der Waals surface area contributed by atoms with Crippen molar-refractivity contribution in [2.24, 2.45) is 5.92 Å². The largest absolute Gasteiger partial charge is 0.493 e. The molecule has 1 aliphatic heterocycles. The Morgan fingerprint density at radius 1 is 1.03 bits per heavy atom. The Kier molecular flexibility index (Phi) is 5.56. The molecule has 1 amide bonds. The highest BCUT2D eigenvalue weighted by Gasteiger charge is 2.21. The third-order valence-corrected chi connectivity index (χ3v) is 6.29. The van der Waals surface area contributed by atoms with E-state index < -0.39 is 0 Å². The van der Waals surface area contributed by atoms with Crippen molar-refractivity contribution in [3.8, 4) is 17.2 Å². The molecule has 1 aliphatic carbocycles. The zero-order valence-electron chi connectivity index (χ0n) is 17.2. The monoisotopic (exact) mass is 433 g/mol. The van der Waals surface area contributed by atoms with E-state index in [0.29, 0.717) is 41.2 Å². The molecule has 4 nitrogen and oxygen atoms in total. The number of aryl methyl sites for hydroxylation is 1. The Morgan fingerprint density at radius 3 is 2.52 bits per heavy atom. The summed E-state index contributed by atoms with van der Waals surface area (Å²) in [6, 6.07) is 19.4. The van der Waals surface area contributed by atoms with Crippen LogP contribution in [0.4, 0.5) is 0 Å². The molecular formula is C26H24ClNO3. The second-order valence-corrected chi connectivity index (χ2v) is 8.63. The van der Waals surface area contributed by atoms with Crippen LogP contribution in [0.3, 0.4) is 0 Å². The van der Waals surface area contributed by atoms with E-state index in [1.165, 1.54) is 11.1 Å². The Labute approximate surface area is 187 Å². The van der Waals surface area contributed by atoms with Crippen molar-refractivity contribution in [2.75, 3.05) is 13.2 Å². The lowest BCUT2D eigenvalue weighted by molar-refractivity contribution is 0.0947. The van der Waals surface area contributed by atoms with E-state index >= 15 is 0 Å². The van der Waals surface area contributed by atoms with Crippen molar-refractivity contribution >= 4 is 17.5 Å². The number of rotatable bonds is 5. The molecule has 0 aromatic heterocycles. The first-order valence-corrected chi connectivity index (χ1v) is 11.1. The van der Waals surface area contributed by atoms with Gasteiger partial charge in [-0.1, -0.05) is 35.9 Å². The summed E-state index contributed by atoms with van der Waals surface area (Å²) in [5.74, 6) is 2.40. The second kappa shape index (κ2) is 8.64. The average Bonchev–Trinajstić information content (AvgIpc) is 3.21. The molecular weight excluding hydrogens is 410 g/mol. The Balaban J connectivity index is 1.19. The Bertz CT molecular complexity index is 1090. The zero-order valence-corrected chi connectivity index (χ0v) is 18.0. The van der Waals surface area contributed by atoms with E-state index in [2.05, 4.69) is 29.6 Å². The number of hydrogen-bond acceptors (Lipinski definition) is 3. The lowest BCUT2D eigenvalue weighted by atomic mass is 10.1. The van der Waals surface area contributed by atoms with Crippen LogP contribution in [0.15, 0.2) is 60.7 Å². The normalized spacial score (nSPS) is 15.0. The molecule has 3 aromatic carbocycles. The zero-order chi connectivity index (χ0) is 21.2. The smallest absolute Gasteiger partial charge is 0.251 e. The van der Waals surface area contributed by atoms with Crippen LogP contribution in [0.1, 0.15) is 33.5 Å². The molecule has 0 unspecified atom stereocenters. The second-order valence-electron chi connectivity index (χ2n) is 8.22. The van der Waals surface area contributed by atoms with Gasteiger partial charge < -0.3 is 14.8 Å². The summed E-state index contributed by atoms with van der Waals surface area (Å²) in [4.78, 5) is 12.6. The summed E-state index contributed by atoms with van der Waals surface area (Å²) in [6.45, 7) is 1.39. The number of ether oxygens (including phenoxy) is 2. The van der Waals surface area contributed by atoms with Gasteiger partial charge in [-0.15, -0.1) is 0 Å². The summed E-state index contributed by atoms with van der Waals surface area (Å²) in [7, 11) is 0. The Morgan fingerprint density at radius 2 is 1.77 bits per heavy atom. The summed E-state index contributed by atoms with van der Waals surface area (Å²) in [5.41, 5.74) is 4.52. The van der Waals surface area contributed by atoms with Gasteiger partial charge in [0.2, 0.25) is 0 Å². The first kappa shape index (κ1) is 20.0. The minimum absolute atomic E-state index is 0.0669. The first-order chi connectivity index (χ1) is 15.2. The number of nitrogens with one attached hydrogen (secondary N) is 1. The van der Waals surface area contributed by atoms with Crippen molar-refractivity contribution in [1.82, 2.24) is 5.32 Å². The van der Waals surface area contributed by atoms with Crippen molar-refractivity contribution in [3.05, 3.63) is 87.9 Å². The fraction of sp³-hybridized carbons (Fsp3) is 0.269. The van der Waals surface area contributed by atoms with Crippen molar-refractivity contribution in [1.29, 1.82) is 0 Å². The Hall–Kier alpha value is -2.98. The fourth-order valence-corrected chi connectivity index (χ4v) is 4.59. The van der Waals surface area contributed by atoms with Gasteiger partial charge >= 0.3 is 0 Å². The molecule has 5 heteroatoms. The van der Waals surface area contributed by atoms with E-state index in [-0.39, 0.29) is 5.91 Å². The van der Waals surface area contributed by atoms with Gasteiger partial charge in [0.1, 0.15) is 17.2 Å². The molecule has 0 saturated heterocycles. The molecule has 5 rings (SSSR count). The topological polar surface area (TPSA) is 47.6 Å². The van der Waals surface area contributed by atoms with Gasteiger partial charge in [0.25, 0.3) is 5.91 Å². The third-order valence-electron chi connectivity index (χ3n) is 5.99. The number of carbonyl (C=O) groups is 1. The minimum atomic E-state index is -0.0669. The van der Waals surface area contributed by atoms with E-state index in [4.69, 9.17) is 21.1 Å². The summed E-state index contributed by atoms with van der Waals surface area (Å²) in [5, 5.41) is 3.63. The maximum Gasteiger partial charge on any atom is 0.251 e. The molecule has 31 heavy (non-hydrogen) atoms. The molecule has 0 bridgehead atoms. The van der Waals surface area contributed by atoms with Crippen LogP contribution in [0.5, 0.6) is 17.2 Å². The fourth-order valence-electron chi connectivity index (χ4n) is 4.36. The van der Waals surface area contributed by atoms with Crippen LogP contribution in [-0.2, 0) is 19.3 Å². The van der Waals surface area contributed by atoms with Gasteiger partial charge in [0.15, 0.2) is 0 Å². The van der Waals surface area contributed by atoms with Crippen LogP contribution in [-0.4, -0.2) is 19.1 Å². The summed E-state index contributed by atoms with van der Waals surface area (Å²) >= 11 is 6.39. The molecule has 0 saturated carbocycles. The number of hydrogen-bond donors (Lipinski definition) is 1. The third kappa shape index (κ3) is 4.40. The highest BCUT2D eigenvalue weighted by atomic mass is 35.5. The molecule has 0 spiro atoms. The highest BCUT2D eigenvalue weighted by molar-refractivity contribution is 6.32. The van der Waals surface area contributed by atoms with Gasteiger partial charge in [0.05, 0.1) is 11.6 Å². The van der Waals surface area contributed by atoms with Crippen LogP contribution < -0.4 is 14.8 Å². The molecule has 158 valence electrons. The lowest BCUT2D eigenvalue weighted by Crippen LogP contribution is -2.29. The van der Waals surface area contributed by atoms with Crippen molar-refractivity contribution in [2.45, 2.75) is 25.7 Å². The number of carbonyl (C=O) groups excluding carboxylic acids is 1. The maximum atomic E-state index is 12.6. The average molecular weight is 434 g/mol. The highest BCUT2D eigenvalue weighted by Crippen LogP contribution is 2.37. The predicted octanol–water partition coefficient (Wildman–Crippen LogP) is 5.60.